The molecule has 3 amide bonds. The second kappa shape index (κ2) is 15.6. The fourth-order valence-electron chi connectivity index (χ4n) is 2.54. The highest BCUT2D eigenvalue weighted by Gasteiger charge is 2.04. The molecular formula is C22H30N4O4. The Morgan fingerprint density at radius 1 is 1.00 bits per heavy atom. The van der Waals surface area contributed by atoms with Crippen LogP contribution in [0, 0.1) is 0 Å². The predicted molar refractivity (Wildman–Crippen MR) is 117 cm³/mol. The Balaban J connectivity index is 0.000000346. The van der Waals surface area contributed by atoms with Crippen LogP contribution in [0.5, 0.6) is 0 Å². The first kappa shape index (κ1) is 24.8. The number of unbranched alkanes of at least 4 members (excludes halogenated alkanes) is 3. The third-order valence-corrected chi connectivity index (χ3v) is 4.14. The molecule has 162 valence electrons. The van der Waals surface area contributed by atoms with Crippen LogP contribution in [0.2, 0.25) is 0 Å². The first-order chi connectivity index (χ1) is 14.6. The molecule has 0 saturated heterocycles. The zero-order chi connectivity index (χ0) is 22.0. The summed E-state index contributed by atoms with van der Waals surface area (Å²) in [6.07, 6.45) is 11.6. The molecule has 0 radical (unpaired) electrons. The Kier molecular flexibility index (Phi) is 12.9. The Morgan fingerprint density at radius 2 is 1.67 bits per heavy atom. The molecule has 0 unspecified atom stereocenters. The molecule has 1 aliphatic rings. The van der Waals surface area contributed by atoms with Crippen LogP contribution in [0.1, 0.15) is 44.9 Å². The number of aliphatic imine (C=N–C) groups is 1. The van der Waals surface area contributed by atoms with E-state index in [1.54, 1.807) is 37.1 Å². The lowest BCUT2D eigenvalue weighted by molar-refractivity contribution is -0.129. The lowest BCUT2D eigenvalue weighted by Gasteiger charge is -2.04. The summed E-state index contributed by atoms with van der Waals surface area (Å²) < 4.78 is 0. The van der Waals surface area contributed by atoms with Crippen molar-refractivity contribution in [3.63, 3.8) is 0 Å². The maximum atomic E-state index is 11.6. The number of rotatable bonds is 9. The number of carbonyl (C=O) groups is 3. The Labute approximate surface area is 177 Å². The van der Waals surface area contributed by atoms with Crippen LogP contribution in [0.4, 0.5) is 5.69 Å². The van der Waals surface area contributed by atoms with Crippen LogP contribution in [0.15, 0.2) is 59.2 Å². The second-order valence-electron chi connectivity index (χ2n) is 6.51. The number of hydroxylamine groups is 1. The number of para-hydroxylation sites is 1. The highest BCUT2D eigenvalue weighted by Crippen LogP contribution is 2.09. The number of amides is 3. The van der Waals surface area contributed by atoms with Crippen LogP contribution in [0.3, 0.4) is 0 Å². The lowest BCUT2D eigenvalue weighted by Crippen LogP contribution is -2.20. The summed E-state index contributed by atoms with van der Waals surface area (Å²) in [5.41, 5.74) is 3.15. The number of hydrogen-bond donors (Lipinski definition) is 4. The van der Waals surface area contributed by atoms with E-state index in [0.29, 0.717) is 19.3 Å². The predicted octanol–water partition coefficient (Wildman–Crippen LogP) is 3.12. The number of benzene rings is 1. The van der Waals surface area contributed by atoms with Crippen LogP contribution < -0.4 is 16.1 Å². The minimum atomic E-state index is -0.359. The van der Waals surface area contributed by atoms with Crippen molar-refractivity contribution in [1.29, 1.82) is 0 Å². The average molecular weight is 415 g/mol. The fourth-order valence-corrected chi connectivity index (χ4v) is 2.54. The van der Waals surface area contributed by atoms with Gasteiger partial charge in [-0.3, -0.25) is 24.6 Å². The van der Waals surface area contributed by atoms with Crippen molar-refractivity contribution in [3.05, 3.63) is 54.3 Å². The van der Waals surface area contributed by atoms with Gasteiger partial charge in [-0.2, -0.15) is 0 Å². The summed E-state index contributed by atoms with van der Waals surface area (Å²) in [5.74, 6) is -0.385. The van der Waals surface area contributed by atoms with Gasteiger partial charge >= 0.3 is 0 Å². The van der Waals surface area contributed by atoms with Gasteiger partial charge in [-0.1, -0.05) is 37.1 Å². The van der Waals surface area contributed by atoms with Crippen LogP contribution in [-0.2, 0) is 14.4 Å². The number of nitrogens with one attached hydrogen (secondary N) is 3. The standard InChI is InChI=1S/C14H20N2O3.C8H10N2O/c17-13(15-12-8-4-3-5-9-12)10-6-1-2-7-11-14(18)16-19;1-9-8(11)7-3-2-5-10-6-4-7/h3-5,8-9,19H,1-2,6-7,10-11H2,(H,15,17)(H,16,18);2-3,5-6H,4H2,1H3,(H,9,11). The van der Waals surface area contributed by atoms with E-state index in [1.807, 2.05) is 30.3 Å². The van der Waals surface area contributed by atoms with E-state index in [1.165, 1.54) is 0 Å². The van der Waals surface area contributed by atoms with E-state index in [4.69, 9.17) is 5.21 Å². The highest BCUT2D eigenvalue weighted by molar-refractivity contribution is 5.96. The van der Waals surface area contributed by atoms with Gasteiger partial charge < -0.3 is 10.6 Å². The Bertz CT molecular complexity index is 758. The molecule has 0 atom stereocenters. The molecule has 0 fully saturated rings. The number of allylic oxidation sites excluding steroid dienone is 2. The van der Waals surface area contributed by atoms with Crippen molar-refractivity contribution >= 4 is 29.6 Å². The van der Waals surface area contributed by atoms with Gasteiger partial charge in [0.2, 0.25) is 17.7 Å². The molecular weight excluding hydrogens is 384 g/mol. The molecule has 8 heteroatoms. The van der Waals surface area contributed by atoms with Gasteiger partial charge in [-0.05, 0) is 31.1 Å². The van der Waals surface area contributed by atoms with Gasteiger partial charge in [0.25, 0.3) is 0 Å². The molecule has 1 aliphatic heterocycles. The summed E-state index contributed by atoms with van der Waals surface area (Å²) in [5, 5.41) is 13.7. The summed E-state index contributed by atoms with van der Waals surface area (Å²) in [6, 6.07) is 9.36. The van der Waals surface area contributed by atoms with Gasteiger partial charge in [0, 0.05) is 50.0 Å². The maximum absolute atomic E-state index is 11.6. The van der Waals surface area contributed by atoms with Gasteiger partial charge in [-0.25, -0.2) is 5.48 Å². The van der Waals surface area contributed by atoms with E-state index < -0.39 is 0 Å². The van der Waals surface area contributed by atoms with Gasteiger partial charge in [-0.15, -0.1) is 0 Å². The van der Waals surface area contributed by atoms with Crippen molar-refractivity contribution < 1.29 is 19.6 Å². The van der Waals surface area contributed by atoms with Crippen LogP contribution >= 0.6 is 0 Å². The van der Waals surface area contributed by atoms with E-state index >= 15 is 0 Å². The molecule has 1 heterocycles. The number of carbonyl (C=O) groups excluding carboxylic acids is 3. The van der Waals surface area contributed by atoms with Crippen molar-refractivity contribution in [1.82, 2.24) is 10.8 Å². The monoisotopic (exact) mass is 414 g/mol. The SMILES string of the molecule is CNC(=O)C1=CC=CN=CC1.O=C(CCCCCCC(=O)Nc1ccccc1)NO. The third-order valence-electron chi connectivity index (χ3n) is 4.14. The smallest absolute Gasteiger partial charge is 0.247 e. The van der Waals surface area contributed by atoms with Crippen molar-refractivity contribution in [3.8, 4) is 0 Å². The van der Waals surface area contributed by atoms with E-state index in [-0.39, 0.29) is 17.7 Å². The largest absolute Gasteiger partial charge is 0.355 e. The van der Waals surface area contributed by atoms with Crippen molar-refractivity contribution in [2.24, 2.45) is 4.99 Å². The summed E-state index contributed by atoms with van der Waals surface area (Å²) in [7, 11) is 1.62. The van der Waals surface area contributed by atoms with Crippen molar-refractivity contribution in [2.75, 3.05) is 12.4 Å². The van der Waals surface area contributed by atoms with Gasteiger partial charge in [0.15, 0.2) is 0 Å². The second-order valence-corrected chi connectivity index (χ2v) is 6.51. The highest BCUT2D eigenvalue weighted by atomic mass is 16.5. The minimum Gasteiger partial charge on any atom is -0.355 e. The van der Waals surface area contributed by atoms with Crippen molar-refractivity contribution in [2.45, 2.75) is 44.9 Å². The number of nitrogens with zero attached hydrogens (tertiary/aromatic N) is 1. The molecule has 4 N–H and O–H groups in total. The zero-order valence-electron chi connectivity index (χ0n) is 17.3. The quantitative estimate of drug-likeness (QED) is 0.282. The summed E-state index contributed by atoms with van der Waals surface area (Å²) in [4.78, 5) is 37.3. The van der Waals surface area contributed by atoms with E-state index in [0.717, 1.165) is 36.9 Å². The summed E-state index contributed by atoms with van der Waals surface area (Å²) in [6.45, 7) is 0. The molecule has 0 bridgehead atoms. The number of hydrogen-bond acceptors (Lipinski definition) is 5. The zero-order valence-corrected chi connectivity index (χ0v) is 17.3. The minimum absolute atomic E-state index is 0.0132. The fraction of sp³-hybridized carbons (Fsp3) is 0.364. The lowest BCUT2D eigenvalue weighted by atomic mass is 10.1. The van der Waals surface area contributed by atoms with Crippen LogP contribution in [0.25, 0.3) is 0 Å². The molecule has 0 spiro atoms. The third kappa shape index (κ3) is 11.6. The van der Waals surface area contributed by atoms with E-state index in [2.05, 4.69) is 15.6 Å². The molecule has 8 nitrogen and oxygen atoms in total. The molecule has 0 aromatic heterocycles. The molecule has 1 aromatic rings. The van der Waals surface area contributed by atoms with Gasteiger partial charge in [0.05, 0.1) is 0 Å². The topological polar surface area (TPSA) is 120 Å². The molecule has 0 aliphatic carbocycles. The van der Waals surface area contributed by atoms with Crippen LogP contribution in [-0.4, -0.2) is 36.2 Å². The first-order valence-electron chi connectivity index (χ1n) is 9.94. The molecule has 2 rings (SSSR count). The van der Waals surface area contributed by atoms with E-state index in [9.17, 15) is 14.4 Å². The molecule has 0 saturated carbocycles. The normalized spacial score (nSPS) is 12.0. The average Bonchev–Trinajstić information content (AvgIpc) is 3.06. The molecule has 30 heavy (non-hydrogen) atoms. The molecule has 1 aromatic carbocycles. The first-order valence-corrected chi connectivity index (χ1v) is 9.94. The van der Waals surface area contributed by atoms with Gasteiger partial charge in [0.1, 0.15) is 0 Å². The number of anilines is 1. The maximum Gasteiger partial charge on any atom is 0.247 e. The number of likely N-dealkylation sites (N-methyl/N-ethyl adjacent to an activating group) is 1. The Hall–Kier alpha value is -3.26. The Morgan fingerprint density at radius 3 is 2.30 bits per heavy atom. The summed E-state index contributed by atoms with van der Waals surface area (Å²) >= 11 is 0.